The van der Waals surface area contributed by atoms with E-state index in [-0.39, 0.29) is 0 Å². The van der Waals surface area contributed by atoms with Crippen molar-refractivity contribution in [3.63, 3.8) is 0 Å². The Hall–Kier alpha value is -0.980. The smallest absolute Gasteiger partial charge is 0.0412 e. The summed E-state index contributed by atoms with van der Waals surface area (Å²) in [6, 6.07) is 2.20. The number of rotatable bonds is 5. The van der Waals surface area contributed by atoms with E-state index in [1.807, 2.05) is 6.20 Å². The summed E-state index contributed by atoms with van der Waals surface area (Å²) in [6.07, 6.45) is 10.5. The molecular formula is C14H23N. The van der Waals surface area contributed by atoms with Crippen molar-refractivity contribution in [1.29, 1.82) is 0 Å². The van der Waals surface area contributed by atoms with Gasteiger partial charge in [-0.3, -0.25) is 0 Å². The molecule has 1 nitrogen and oxygen atoms in total. The van der Waals surface area contributed by atoms with E-state index in [0.717, 1.165) is 6.42 Å². The van der Waals surface area contributed by atoms with Crippen molar-refractivity contribution in [2.24, 2.45) is 0 Å². The van der Waals surface area contributed by atoms with Crippen molar-refractivity contribution in [3.8, 4) is 0 Å². The molecule has 0 aromatic carbocycles. The van der Waals surface area contributed by atoms with Crippen LogP contribution in [0.2, 0.25) is 0 Å². The lowest BCUT2D eigenvalue weighted by Crippen LogP contribution is -2.24. The Kier molecular flexibility index (Phi) is 5.23. The molecule has 0 spiro atoms. The third-order valence-electron chi connectivity index (χ3n) is 2.78. The second kappa shape index (κ2) is 6.49. The highest BCUT2D eigenvalue weighted by atomic mass is 14.6. The van der Waals surface area contributed by atoms with Crippen LogP contribution in [-0.4, -0.2) is 4.98 Å². The lowest BCUT2D eigenvalue weighted by molar-refractivity contribution is 0.818. The topological polar surface area (TPSA) is 15.8 Å². The number of unbranched alkanes of at least 4 members (excludes halogenated alkanes) is 2. The van der Waals surface area contributed by atoms with Crippen LogP contribution in [0.15, 0.2) is 12.3 Å². The molecular weight excluding hydrogens is 182 g/mol. The summed E-state index contributed by atoms with van der Waals surface area (Å²) >= 11 is 0. The van der Waals surface area contributed by atoms with Gasteiger partial charge in [-0.1, -0.05) is 38.3 Å². The maximum Gasteiger partial charge on any atom is 0.0412 e. The molecule has 0 unspecified atom stereocenters. The van der Waals surface area contributed by atoms with E-state index >= 15 is 0 Å². The summed E-state index contributed by atoms with van der Waals surface area (Å²) in [5.74, 6) is 0. The largest absolute Gasteiger partial charge is 0.361 e. The molecule has 0 bridgehead atoms. The third kappa shape index (κ3) is 3.58. The van der Waals surface area contributed by atoms with Gasteiger partial charge >= 0.3 is 0 Å². The average molecular weight is 205 g/mol. The van der Waals surface area contributed by atoms with Crippen molar-refractivity contribution in [1.82, 2.24) is 4.98 Å². The van der Waals surface area contributed by atoms with Crippen LogP contribution in [-0.2, 0) is 0 Å². The Morgan fingerprint density at radius 3 is 2.80 bits per heavy atom. The predicted octanol–water partition coefficient (Wildman–Crippen LogP) is 2.96. The molecule has 1 aromatic heterocycles. The number of aromatic amines is 1. The number of nitrogens with one attached hydrogen (secondary N) is 1. The Balaban J connectivity index is 2.97. The van der Waals surface area contributed by atoms with E-state index in [4.69, 9.17) is 0 Å². The average Bonchev–Trinajstić information content (AvgIpc) is 2.71. The summed E-state index contributed by atoms with van der Waals surface area (Å²) in [4.78, 5) is 3.32. The standard InChI is InChI=1S/C14H23N/c1-4-6-8-12(3)13-10-11-15-14(13)9-7-5-2/h9-11,15H,4-8H2,1-3H3/b13-12-,14-9-. The molecule has 0 amide bonds. The first-order valence-corrected chi connectivity index (χ1v) is 6.13. The van der Waals surface area contributed by atoms with Gasteiger partial charge in [0.25, 0.3) is 0 Å². The van der Waals surface area contributed by atoms with Gasteiger partial charge in [0.15, 0.2) is 0 Å². The summed E-state index contributed by atoms with van der Waals surface area (Å²) in [5, 5.41) is 2.72. The minimum atomic E-state index is 1.16. The first-order valence-electron chi connectivity index (χ1n) is 6.13. The molecule has 1 rings (SSSR count). The lowest BCUT2D eigenvalue weighted by Gasteiger charge is -1.97. The van der Waals surface area contributed by atoms with Gasteiger partial charge in [0.2, 0.25) is 0 Å². The van der Waals surface area contributed by atoms with Crippen LogP contribution >= 0.6 is 0 Å². The van der Waals surface area contributed by atoms with Gasteiger partial charge in [-0.05, 0) is 37.5 Å². The Labute approximate surface area is 92.9 Å². The third-order valence-corrected chi connectivity index (χ3v) is 2.78. The van der Waals surface area contributed by atoms with E-state index in [1.165, 1.54) is 41.8 Å². The number of hydrogen-bond acceptors (Lipinski definition) is 0. The van der Waals surface area contributed by atoms with Crippen LogP contribution in [0, 0.1) is 0 Å². The van der Waals surface area contributed by atoms with Gasteiger partial charge in [-0.2, -0.15) is 0 Å². The molecule has 15 heavy (non-hydrogen) atoms. The van der Waals surface area contributed by atoms with Crippen molar-refractivity contribution in [2.75, 3.05) is 0 Å². The molecule has 0 saturated carbocycles. The second-order valence-corrected chi connectivity index (χ2v) is 4.18. The molecule has 84 valence electrons. The Morgan fingerprint density at radius 2 is 2.13 bits per heavy atom. The summed E-state index contributed by atoms with van der Waals surface area (Å²) in [7, 11) is 0. The van der Waals surface area contributed by atoms with Gasteiger partial charge < -0.3 is 4.98 Å². The van der Waals surface area contributed by atoms with Crippen molar-refractivity contribution >= 4 is 11.6 Å². The van der Waals surface area contributed by atoms with Crippen LogP contribution in [0.1, 0.15) is 52.9 Å². The zero-order valence-electron chi connectivity index (χ0n) is 10.3. The zero-order chi connectivity index (χ0) is 11.1. The molecule has 1 aromatic rings. The fraction of sp³-hybridized carbons (Fsp3) is 0.571. The predicted molar refractivity (Wildman–Crippen MR) is 68.0 cm³/mol. The highest BCUT2D eigenvalue weighted by Gasteiger charge is 1.93. The Bertz CT molecular complexity index is 384. The molecule has 1 heteroatoms. The first kappa shape index (κ1) is 12.1. The van der Waals surface area contributed by atoms with Crippen LogP contribution < -0.4 is 10.6 Å². The highest BCUT2D eigenvalue weighted by molar-refractivity contribution is 5.42. The van der Waals surface area contributed by atoms with Crippen LogP contribution in [0.4, 0.5) is 0 Å². The Morgan fingerprint density at radius 1 is 1.33 bits per heavy atom. The van der Waals surface area contributed by atoms with E-state index in [2.05, 4.69) is 37.9 Å². The summed E-state index contributed by atoms with van der Waals surface area (Å²) < 4.78 is 0. The highest BCUT2D eigenvalue weighted by Crippen LogP contribution is 2.04. The molecule has 0 fully saturated rings. The van der Waals surface area contributed by atoms with Crippen LogP contribution in [0.3, 0.4) is 0 Å². The van der Waals surface area contributed by atoms with E-state index in [1.54, 1.807) is 0 Å². The summed E-state index contributed by atoms with van der Waals surface area (Å²) in [5.41, 5.74) is 1.51. The quantitative estimate of drug-likeness (QED) is 0.760. The van der Waals surface area contributed by atoms with Gasteiger partial charge in [0.05, 0.1) is 0 Å². The van der Waals surface area contributed by atoms with Crippen LogP contribution in [0.25, 0.3) is 11.6 Å². The number of aromatic nitrogens is 1. The maximum absolute atomic E-state index is 3.32. The van der Waals surface area contributed by atoms with E-state index < -0.39 is 0 Å². The molecule has 0 aliphatic rings. The number of H-pyrrole nitrogens is 1. The van der Waals surface area contributed by atoms with Crippen molar-refractivity contribution in [3.05, 3.63) is 22.8 Å². The molecule has 1 heterocycles. The van der Waals surface area contributed by atoms with E-state index in [9.17, 15) is 0 Å². The molecule has 0 atom stereocenters. The lowest BCUT2D eigenvalue weighted by atomic mass is 10.1. The maximum atomic E-state index is 3.32. The molecule has 0 radical (unpaired) electrons. The molecule has 0 aliphatic heterocycles. The fourth-order valence-corrected chi connectivity index (χ4v) is 1.79. The van der Waals surface area contributed by atoms with Crippen molar-refractivity contribution < 1.29 is 0 Å². The monoisotopic (exact) mass is 205 g/mol. The SMILES string of the molecule is CCC/C=c1\[nH]cc\c1=C(/C)CCCC. The molecule has 0 aliphatic carbocycles. The number of hydrogen-bond donors (Lipinski definition) is 1. The minimum Gasteiger partial charge on any atom is -0.361 e. The van der Waals surface area contributed by atoms with Gasteiger partial charge in [-0.15, -0.1) is 0 Å². The van der Waals surface area contributed by atoms with E-state index in [0.29, 0.717) is 0 Å². The van der Waals surface area contributed by atoms with Gasteiger partial charge in [0, 0.05) is 11.5 Å². The molecule has 0 saturated heterocycles. The summed E-state index contributed by atoms with van der Waals surface area (Å²) in [6.45, 7) is 6.71. The fourth-order valence-electron chi connectivity index (χ4n) is 1.79. The first-order chi connectivity index (χ1) is 7.29. The second-order valence-electron chi connectivity index (χ2n) is 4.18. The van der Waals surface area contributed by atoms with Crippen LogP contribution in [0.5, 0.6) is 0 Å². The van der Waals surface area contributed by atoms with Gasteiger partial charge in [0.1, 0.15) is 0 Å². The van der Waals surface area contributed by atoms with Gasteiger partial charge in [-0.25, -0.2) is 0 Å². The normalized spacial score (nSPS) is 14.5. The zero-order valence-corrected chi connectivity index (χ0v) is 10.3. The molecule has 1 N–H and O–H groups in total. The minimum absolute atomic E-state index is 1.16. The van der Waals surface area contributed by atoms with Crippen molar-refractivity contribution in [2.45, 2.75) is 52.9 Å².